The van der Waals surface area contributed by atoms with E-state index < -0.39 is 0 Å². The van der Waals surface area contributed by atoms with Gasteiger partial charge in [-0.2, -0.15) is 0 Å². The van der Waals surface area contributed by atoms with Crippen LogP contribution >= 0.6 is 0 Å². The molecule has 1 rings (SSSR count). The molecule has 0 aromatic heterocycles. The van der Waals surface area contributed by atoms with Crippen molar-refractivity contribution in [2.45, 2.75) is 25.7 Å². The molecule has 0 spiro atoms. The minimum atomic E-state index is 0.491. The Hall–Kier alpha value is -1.75. The first-order valence-corrected chi connectivity index (χ1v) is 7.78. The molecule has 5 nitrogen and oxygen atoms in total. The van der Waals surface area contributed by atoms with Crippen molar-refractivity contribution in [2.75, 3.05) is 41.0 Å². The summed E-state index contributed by atoms with van der Waals surface area (Å²) in [7, 11) is 5.19. The zero-order chi connectivity index (χ0) is 16.2. The van der Waals surface area contributed by atoms with Crippen LogP contribution in [0.2, 0.25) is 0 Å². The lowest BCUT2D eigenvalue weighted by Gasteiger charge is -2.15. The minimum absolute atomic E-state index is 0.491. The Balaban J connectivity index is 2.28. The van der Waals surface area contributed by atoms with Gasteiger partial charge >= 0.3 is 0 Å². The molecule has 1 unspecified atom stereocenters. The Morgan fingerprint density at radius 3 is 2.41 bits per heavy atom. The summed E-state index contributed by atoms with van der Waals surface area (Å²) in [6.45, 7) is 4.75. The quantitative estimate of drug-likeness (QED) is 0.418. The maximum atomic E-state index is 5.19. The number of aliphatic imine (C=N–C) groups is 1. The van der Waals surface area contributed by atoms with Crippen LogP contribution in [0.25, 0.3) is 0 Å². The van der Waals surface area contributed by atoms with Crippen LogP contribution in [0.3, 0.4) is 0 Å². The van der Waals surface area contributed by atoms with E-state index in [0.717, 1.165) is 44.2 Å². The molecule has 0 bridgehead atoms. The van der Waals surface area contributed by atoms with Crippen LogP contribution in [0.1, 0.15) is 31.2 Å². The molecule has 0 saturated heterocycles. The van der Waals surface area contributed by atoms with E-state index in [-0.39, 0.29) is 0 Å². The third-order valence-corrected chi connectivity index (χ3v) is 3.60. The highest BCUT2D eigenvalue weighted by Gasteiger charge is 2.06. The lowest BCUT2D eigenvalue weighted by molar-refractivity contribution is 0.195. The summed E-state index contributed by atoms with van der Waals surface area (Å²) in [5.74, 6) is 2.23. The zero-order valence-corrected chi connectivity index (χ0v) is 14.2. The fourth-order valence-corrected chi connectivity index (χ4v) is 2.15. The summed E-state index contributed by atoms with van der Waals surface area (Å²) in [4.78, 5) is 4.22. The summed E-state index contributed by atoms with van der Waals surface area (Å²) < 4.78 is 10.2. The van der Waals surface area contributed by atoms with Gasteiger partial charge in [0.25, 0.3) is 0 Å². The minimum Gasteiger partial charge on any atom is -0.497 e. The van der Waals surface area contributed by atoms with Crippen molar-refractivity contribution in [3.05, 3.63) is 29.8 Å². The number of hydrogen-bond donors (Lipinski definition) is 2. The molecule has 0 fully saturated rings. The van der Waals surface area contributed by atoms with E-state index in [2.05, 4.69) is 34.7 Å². The first-order valence-electron chi connectivity index (χ1n) is 7.78. The fourth-order valence-electron chi connectivity index (χ4n) is 2.15. The van der Waals surface area contributed by atoms with E-state index in [1.165, 1.54) is 5.56 Å². The van der Waals surface area contributed by atoms with E-state index in [4.69, 9.17) is 9.47 Å². The fraction of sp³-hybridized carbons (Fsp3) is 0.588. The molecule has 5 heteroatoms. The van der Waals surface area contributed by atoms with Gasteiger partial charge in [0.05, 0.1) is 7.11 Å². The van der Waals surface area contributed by atoms with Crippen LogP contribution in [-0.2, 0) is 4.74 Å². The van der Waals surface area contributed by atoms with Gasteiger partial charge in [0.2, 0.25) is 0 Å². The standard InChI is InChI=1S/C17H29N3O2/c1-14(15-6-8-16(22-4)9-7-15)10-12-20-17(18-2)19-11-5-13-21-3/h6-9,14H,5,10-13H2,1-4H3,(H2,18,19,20). The van der Waals surface area contributed by atoms with Gasteiger partial charge in [-0.3, -0.25) is 4.99 Å². The van der Waals surface area contributed by atoms with Gasteiger partial charge in [-0.25, -0.2) is 0 Å². The third-order valence-electron chi connectivity index (χ3n) is 3.60. The van der Waals surface area contributed by atoms with E-state index in [1.54, 1.807) is 21.3 Å². The van der Waals surface area contributed by atoms with Gasteiger partial charge in [0.15, 0.2) is 5.96 Å². The molecule has 1 aromatic carbocycles. The molecule has 124 valence electrons. The van der Waals surface area contributed by atoms with Crippen LogP contribution in [0, 0.1) is 0 Å². The molecule has 0 radical (unpaired) electrons. The Morgan fingerprint density at radius 2 is 1.82 bits per heavy atom. The van der Waals surface area contributed by atoms with Crippen molar-refractivity contribution < 1.29 is 9.47 Å². The largest absolute Gasteiger partial charge is 0.497 e. The second-order valence-electron chi connectivity index (χ2n) is 5.24. The third kappa shape index (κ3) is 6.80. The second-order valence-corrected chi connectivity index (χ2v) is 5.24. The lowest BCUT2D eigenvalue weighted by Crippen LogP contribution is -2.38. The zero-order valence-electron chi connectivity index (χ0n) is 14.2. The van der Waals surface area contributed by atoms with E-state index in [1.807, 2.05) is 12.1 Å². The van der Waals surface area contributed by atoms with E-state index in [0.29, 0.717) is 5.92 Å². The molecule has 0 aliphatic carbocycles. The molecule has 1 atom stereocenters. The number of benzene rings is 1. The van der Waals surface area contributed by atoms with Crippen molar-refractivity contribution in [3.8, 4) is 5.75 Å². The summed E-state index contributed by atoms with van der Waals surface area (Å²) in [6, 6.07) is 8.27. The SMILES string of the molecule is CN=C(NCCCOC)NCCC(C)c1ccc(OC)cc1. The molecule has 1 aromatic rings. The Labute approximate surface area is 134 Å². The maximum Gasteiger partial charge on any atom is 0.190 e. The van der Waals surface area contributed by atoms with E-state index >= 15 is 0 Å². The monoisotopic (exact) mass is 307 g/mol. The van der Waals surface area contributed by atoms with Crippen LogP contribution in [0.4, 0.5) is 0 Å². The van der Waals surface area contributed by atoms with Crippen LogP contribution in [0.15, 0.2) is 29.3 Å². The lowest BCUT2D eigenvalue weighted by atomic mass is 9.98. The summed E-state index contributed by atoms with van der Waals surface area (Å²) in [5, 5.41) is 6.62. The van der Waals surface area contributed by atoms with Gasteiger partial charge in [0, 0.05) is 33.9 Å². The number of rotatable bonds is 9. The maximum absolute atomic E-state index is 5.19. The molecular formula is C17H29N3O2. The highest BCUT2D eigenvalue weighted by atomic mass is 16.5. The topological polar surface area (TPSA) is 54.9 Å². The number of methoxy groups -OCH3 is 2. The van der Waals surface area contributed by atoms with Crippen molar-refractivity contribution >= 4 is 5.96 Å². The van der Waals surface area contributed by atoms with Crippen molar-refractivity contribution in [1.29, 1.82) is 0 Å². The van der Waals surface area contributed by atoms with Gasteiger partial charge in [0.1, 0.15) is 5.75 Å². The highest BCUT2D eigenvalue weighted by Crippen LogP contribution is 2.21. The summed E-state index contributed by atoms with van der Waals surface area (Å²) in [6.07, 6.45) is 2.02. The van der Waals surface area contributed by atoms with Crippen molar-refractivity contribution in [2.24, 2.45) is 4.99 Å². The number of hydrogen-bond acceptors (Lipinski definition) is 3. The number of guanidine groups is 1. The molecular weight excluding hydrogens is 278 g/mol. The van der Waals surface area contributed by atoms with Crippen LogP contribution in [-0.4, -0.2) is 46.9 Å². The second kappa shape index (κ2) is 10.9. The van der Waals surface area contributed by atoms with Crippen molar-refractivity contribution in [1.82, 2.24) is 10.6 Å². The van der Waals surface area contributed by atoms with Gasteiger partial charge in [-0.15, -0.1) is 0 Å². The molecule has 0 saturated carbocycles. The van der Waals surface area contributed by atoms with Crippen LogP contribution < -0.4 is 15.4 Å². The summed E-state index contributed by atoms with van der Waals surface area (Å²) in [5.41, 5.74) is 1.32. The highest BCUT2D eigenvalue weighted by molar-refractivity contribution is 5.79. The van der Waals surface area contributed by atoms with Gasteiger partial charge in [-0.05, 0) is 36.5 Å². The Kier molecular flexibility index (Phi) is 9.07. The molecule has 2 N–H and O–H groups in total. The normalized spacial score (nSPS) is 12.8. The Bertz CT molecular complexity index is 432. The molecule has 0 heterocycles. The number of ether oxygens (including phenoxy) is 2. The summed E-state index contributed by atoms with van der Waals surface area (Å²) >= 11 is 0. The Morgan fingerprint density at radius 1 is 1.14 bits per heavy atom. The van der Waals surface area contributed by atoms with E-state index in [9.17, 15) is 0 Å². The van der Waals surface area contributed by atoms with Crippen LogP contribution in [0.5, 0.6) is 5.75 Å². The van der Waals surface area contributed by atoms with Crippen molar-refractivity contribution in [3.63, 3.8) is 0 Å². The average Bonchev–Trinajstić information content (AvgIpc) is 2.57. The molecule has 0 amide bonds. The number of nitrogens with zero attached hydrogens (tertiary/aromatic N) is 1. The molecule has 22 heavy (non-hydrogen) atoms. The first-order chi connectivity index (χ1) is 10.7. The van der Waals surface area contributed by atoms with Gasteiger partial charge in [-0.1, -0.05) is 19.1 Å². The number of nitrogens with one attached hydrogen (secondary N) is 2. The molecule has 0 aliphatic heterocycles. The predicted molar refractivity (Wildman–Crippen MR) is 91.9 cm³/mol. The first kappa shape index (κ1) is 18.3. The smallest absolute Gasteiger partial charge is 0.190 e. The average molecular weight is 307 g/mol. The predicted octanol–water partition coefficient (Wildman–Crippen LogP) is 2.39. The molecule has 0 aliphatic rings. The van der Waals surface area contributed by atoms with Gasteiger partial charge < -0.3 is 20.1 Å².